The highest BCUT2D eigenvalue weighted by atomic mass is 16.2. The first-order valence-electron chi connectivity index (χ1n) is 2.91. The fraction of sp³-hybridized carbons (Fsp3) is 0.833. The molecule has 9 heavy (non-hydrogen) atoms. The highest BCUT2D eigenvalue weighted by Crippen LogP contribution is 2.06. The Bertz CT molecular complexity index is 115. The van der Waals surface area contributed by atoms with E-state index in [4.69, 9.17) is 5.84 Å². The van der Waals surface area contributed by atoms with Crippen molar-refractivity contribution < 1.29 is 4.79 Å². The van der Waals surface area contributed by atoms with Gasteiger partial charge in [0.15, 0.2) is 0 Å². The van der Waals surface area contributed by atoms with Crippen molar-refractivity contribution in [1.29, 1.82) is 0 Å². The average molecular weight is 130 g/mol. The van der Waals surface area contributed by atoms with E-state index >= 15 is 0 Å². The minimum atomic E-state index is -0.258. The fourth-order valence-electron chi connectivity index (χ4n) is 0.472. The maximum Gasteiger partial charge on any atom is 0.233 e. The molecule has 3 nitrogen and oxygen atoms in total. The van der Waals surface area contributed by atoms with Crippen LogP contribution in [0.2, 0.25) is 0 Å². The molecule has 0 unspecified atom stereocenters. The molecule has 0 atom stereocenters. The minimum absolute atomic E-state index is 0.109. The lowest BCUT2D eigenvalue weighted by Gasteiger charge is -2.29. The molecule has 0 rings (SSSR count). The predicted octanol–water partition coefficient (Wildman–Crippen LogP) is 0.507. The molecule has 0 bridgehead atoms. The standard InChI is InChI=1S/C6H14N2O/c1-5(9)8(7)6(2,3)4/h7H2,1-4H3. The molecule has 0 heterocycles. The first-order chi connectivity index (χ1) is 3.85. The third kappa shape index (κ3) is 2.46. The summed E-state index contributed by atoms with van der Waals surface area (Å²) in [6, 6.07) is 0. The highest BCUT2D eigenvalue weighted by molar-refractivity contribution is 5.73. The van der Waals surface area contributed by atoms with Gasteiger partial charge in [-0.3, -0.25) is 9.80 Å². The van der Waals surface area contributed by atoms with E-state index < -0.39 is 0 Å². The summed E-state index contributed by atoms with van der Waals surface area (Å²) in [5, 5.41) is 1.22. The number of hydrogen-bond acceptors (Lipinski definition) is 2. The molecule has 0 aliphatic heterocycles. The Morgan fingerprint density at radius 2 is 1.78 bits per heavy atom. The molecule has 0 aromatic rings. The van der Waals surface area contributed by atoms with Crippen molar-refractivity contribution >= 4 is 5.91 Å². The van der Waals surface area contributed by atoms with Gasteiger partial charge >= 0.3 is 0 Å². The van der Waals surface area contributed by atoms with Gasteiger partial charge < -0.3 is 0 Å². The molecule has 0 aromatic carbocycles. The number of hydrogen-bond donors (Lipinski definition) is 1. The van der Waals surface area contributed by atoms with Crippen LogP contribution in [0, 0.1) is 0 Å². The lowest BCUT2D eigenvalue weighted by molar-refractivity contribution is -0.133. The van der Waals surface area contributed by atoms with Crippen molar-refractivity contribution in [2.24, 2.45) is 5.84 Å². The molecule has 2 N–H and O–H groups in total. The Morgan fingerprint density at radius 1 is 1.44 bits per heavy atom. The largest absolute Gasteiger partial charge is 0.276 e. The van der Waals surface area contributed by atoms with Crippen LogP contribution in [0.25, 0.3) is 0 Å². The summed E-state index contributed by atoms with van der Waals surface area (Å²) in [7, 11) is 0. The molecule has 1 amide bonds. The predicted molar refractivity (Wildman–Crippen MR) is 36.5 cm³/mol. The third-order valence-electron chi connectivity index (χ3n) is 1.06. The number of carbonyl (C=O) groups excluding carboxylic acids is 1. The monoisotopic (exact) mass is 130 g/mol. The van der Waals surface area contributed by atoms with E-state index in [1.54, 1.807) is 0 Å². The fourth-order valence-corrected chi connectivity index (χ4v) is 0.472. The molecule has 3 heteroatoms. The molecular weight excluding hydrogens is 116 g/mol. The Balaban J connectivity index is 4.04. The molecule has 0 aliphatic rings. The van der Waals surface area contributed by atoms with Crippen LogP contribution in [0.3, 0.4) is 0 Å². The van der Waals surface area contributed by atoms with Gasteiger partial charge in [0.05, 0.1) is 5.54 Å². The van der Waals surface area contributed by atoms with Crippen LogP contribution < -0.4 is 5.84 Å². The smallest absolute Gasteiger partial charge is 0.233 e. The van der Waals surface area contributed by atoms with E-state index in [1.165, 1.54) is 11.9 Å². The Kier molecular flexibility index (Phi) is 2.20. The van der Waals surface area contributed by atoms with Crippen molar-refractivity contribution in [1.82, 2.24) is 5.01 Å². The second kappa shape index (κ2) is 2.35. The van der Waals surface area contributed by atoms with Crippen molar-refractivity contribution in [2.75, 3.05) is 0 Å². The van der Waals surface area contributed by atoms with Crippen LogP contribution >= 0.6 is 0 Å². The van der Waals surface area contributed by atoms with Crippen LogP contribution in [0.1, 0.15) is 27.7 Å². The van der Waals surface area contributed by atoms with Crippen molar-refractivity contribution in [3.05, 3.63) is 0 Å². The zero-order chi connectivity index (χ0) is 7.65. The first-order valence-corrected chi connectivity index (χ1v) is 2.91. The molecule has 0 spiro atoms. The van der Waals surface area contributed by atoms with E-state index in [0.29, 0.717) is 0 Å². The SMILES string of the molecule is CC(=O)N(N)C(C)(C)C. The van der Waals surface area contributed by atoms with Crippen LogP contribution in [0.15, 0.2) is 0 Å². The Labute approximate surface area is 55.8 Å². The topological polar surface area (TPSA) is 46.3 Å². The molecule has 0 saturated heterocycles. The molecular formula is C6H14N2O. The van der Waals surface area contributed by atoms with Gasteiger partial charge in [0.1, 0.15) is 0 Å². The van der Waals surface area contributed by atoms with E-state index in [0.717, 1.165) is 0 Å². The highest BCUT2D eigenvalue weighted by Gasteiger charge is 2.19. The van der Waals surface area contributed by atoms with Gasteiger partial charge in [0.25, 0.3) is 0 Å². The van der Waals surface area contributed by atoms with E-state index in [9.17, 15) is 4.79 Å². The van der Waals surface area contributed by atoms with E-state index in [1.807, 2.05) is 20.8 Å². The van der Waals surface area contributed by atoms with Gasteiger partial charge in [-0.1, -0.05) is 0 Å². The van der Waals surface area contributed by atoms with Gasteiger partial charge in [-0.05, 0) is 20.8 Å². The summed E-state index contributed by atoms with van der Waals surface area (Å²) >= 11 is 0. The zero-order valence-electron chi connectivity index (χ0n) is 6.43. The minimum Gasteiger partial charge on any atom is -0.276 e. The first kappa shape index (κ1) is 8.43. The molecule has 0 radical (unpaired) electrons. The van der Waals surface area contributed by atoms with Crippen LogP contribution in [0.5, 0.6) is 0 Å². The maximum atomic E-state index is 10.6. The van der Waals surface area contributed by atoms with Crippen LogP contribution in [-0.4, -0.2) is 16.5 Å². The zero-order valence-corrected chi connectivity index (χ0v) is 6.43. The number of amides is 1. The van der Waals surface area contributed by atoms with Crippen LogP contribution in [0.4, 0.5) is 0 Å². The second-order valence-electron chi connectivity index (χ2n) is 3.06. The van der Waals surface area contributed by atoms with Gasteiger partial charge in [0.2, 0.25) is 5.91 Å². The van der Waals surface area contributed by atoms with Gasteiger partial charge in [-0.25, -0.2) is 5.84 Å². The Morgan fingerprint density at radius 3 is 1.78 bits per heavy atom. The lowest BCUT2D eigenvalue weighted by atomic mass is 10.1. The van der Waals surface area contributed by atoms with Crippen molar-refractivity contribution in [3.63, 3.8) is 0 Å². The number of nitrogens with two attached hydrogens (primary N) is 1. The summed E-state index contributed by atoms with van der Waals surface area (Å²) in [4.78, 5) is 10.6. The summed E-state index contributed by atoms with van der Waals surface area (Å²) in [5.41, 5.74) is -0.258. The third-order valence-corrected chi connectivity index (χ3v) is 1.06. The summed E-state index contributed by atoms with van der Waals surface area (Å²) < 4.78 is 0. The molecule has 0 saturated carbocycles. The quantitative estimate of drug-likeness (QED) is 0.295. The number of carbonyl (C=O) groups is 1. The molecule has 0 aliphatic carbocycles. The molecule has 0 fully saturated rings. The molecule has 54 valence electrons. The van der Waals surface area contributed by atoms with Gasteiger partial charge in [0, 0.05) is 6.92 Å². The molecule has 0 aromatic heterocycles. The van der Waals surface area contributed by atoms with E-state index in [-0.39, 0.29) is 11.4 Å². The van der Waals surface area contributed by atoms with Crippen molar-refractivity contribution in [2.45, 2.75) is 33.2 Å². The van der Waals surface area contributed by atoms with Gasteiger partial charge in [-0.2, -0.15) is 0 Å². The number of nitrogens with zero attached hydrogens (tertiary/aromatic N) is 1. The summed E-state index contributed by atoms with van der Waals surface area (Å²) in [6.07, 6.45) is 0. The second-order valence-corrected chi connectivity index (χ2v) is 3.06. The number of hydrazine groups is 1. The Hall–Kier alpha value is -0.570. The average Bonchev–Trinajstić information content (AvgIpc) is 1.62. The summed E-state index contributed by atoms with van der Waals surface area (Å²) in [6.45, 7) is 7.10. The summed E-state index contributed by atoms with van der Waals surface area (Å²) in [5.74, 6) is 5.27. The lowest BCUT2D eigenvalue weighted by Crippen LogP contribution is -2.49. The maximum absolute atomic E-state index is 10.6. The van der Waals surface area contributed by atoms with Crippen molar-refractivity contribution in [3.8, 4) is 0 Å². The number of rotatable bonds is 0. The normalized spacial score (nSPS) is 11.2. The van der Waals surface area contributed by atoms with Crippen LogP contribution in [-0.2, 0) is 4.79 Å². The van der Waals surface area contributed by atoms with Gasteiger partial charge in [-0.15, -0.1) is 0 Å². The van der Waals surface area contributed by atoms with E-state index in [2.05, 4.69) is 0 Å².